The molecule has 1 aliphatic rings. The molecule has 1 aliphatic heterocycles. The molecule has 1 N–H and O–H groups in total. The minimum Gasteiger partial charge on any atom is -0.507 e. The molecule has 1 saturated heterocycles. The molecule has 1 amide bonds. The molecule has 2 heterocycles. The van der Waals surface area contributed by atoms with Crippen LogP contribution in [0.4, 0.5) is 5.13 Å². The highest BCUT2D eigenvalue weighted by molar-refractivity contribution is 7.22. The lowest BCUT2D eigenvalue weighted by Crippen LogP contribution is -2.29. The van der Waals surface area contributed by atoms with Crippen molar-refractivity contribution in [1.82, 2.24) is 4.98 Å². The van der Waals surface area contributed by atoms with Gasteiger partial charge in [-0.3, -0.25) is 14.5 Å². The number of aliphatic hydroxyl groups is 1. The Bertz CT molecular complexity index is 1400. The van der Waals surface area contributed by atoms with Crippen molar-refractivity contribution in [3.8, 4) is 0 Å². The number of benzene rings is 3. The Labute approximate surface area is 202 Å². The largest absolute Gasteiger partial charge is 0.507 e. The molecule has 0 aliphatic carbocycles. The summed E-state index contributed by atoms with van der Waals surface area (Å²) in [6.45, 7) is 6.17. The van der Waals surface area contributed by atoms with E-state index in [0.717, 1.165) is 26.9 Å². The van der Waals surface area contributed by atoms with Crippen molar-refractivity contribution < 1.29 is 14.7 Å². The van der Waals surface area contributed by atoms with E-state index in [-0.39, 0.29) is 11.3 Å². The van der Waals surface area contributed by atoms with E-state index in [1.807, 2.05) is 67.6 Å². The fourth-order valence-electron chi connectivity index (χ4n) is 4.24. The molecule has 5 nitrogen and oxygen atoms in total. The van der Waals surface area contributed by atoms with Crippen LogP contribution < -0.4 is 4.90 Å². The lowest BCUT2D eigenvalue weighted by atomic mass is 9.93. The minimum atomic E-state index is -0.775. The molecule has 170 valence electrons. The van der Waals surface area contributed by atoms with Gasteiger partial charge in [0, 0.05) is 5.56 Å². The molecule has 4 aromatic rings. The molecule has 0 saturated carbocycles. The molecule has 5 rings (SSSR count). The first-order valence-electron chi connectivity index (χ1n) is 11.2. The first-order valence-corrected chi connectivity index (χ1v) is 12.0. The molecule has 3 aromatic carbocycles. The number of rotatable bonds is 4. The number of carbonyl (C=O) groups excluding carboxylic acids is 2. The van der Waals surface area contributed by atoms with Gasteiger partial charge in [0.2, 0.25) is 0 Å². The molecule has 0 spiro atoms. The number of hydrogen-bond donors (Lipinski definition) is 1. The molecule has 1 fully saturated rings. The number of para-hydroxylation sites is 1. The summed E-state index contributed by atoms with van der Waals surface area (Å²) in [6.07, 6.45) is 0. The van der Waals surface area contributed by atoms with Crippen molar-refractivity contribution in [2.75, 3.05) is 4.90 Å². The minimum absolute atomic E-state index is 0.0745. The van der Waals surface area contributed by atoms with E-state index in [9.17, 15) is 14.7 Å². The zero-order valence-corrected chi connectivity index (χ0v) is 20.0. The number of hydrogen-bond acceptors (Lipinski definition) is 5. The predicted octanol–water partition coefficient (Wildman–Crippen LogP) is 6.35. The summed E-state index contributed by atoms with van der Waals surface area (Å²) in [6, 6.07) is 22.0. The van der Waals surface area contributed by atoms with Gasteiger partial charge in [0.1, 0.15) is 5.76 Å². The lowest BCUT2D eigenvalue weighted by molar-refractivity contribution is -0.132. The van der Waals surface area contributed by atoms with Crippen LogP contribution in [0.1, 0.15) is 48.1 Å². The SMILES string of the molecule is Cc1ccc(/C(O)=C2/C(=O)C(=O)N(c3nc4ccccc4s3)C2c2ccc(C(C)C)cc2)cc1. The number of Topliss-reactive ketones (excluding diaryl/α,β-unsaturated/α-hetero) is 1. The fraction of sp³-hybridized carbons (Fsp3) is 0.179. The van der Waals surface area contributed by atoms with Crippen LogP contribution in [0.15, 0.2) is 78.4 Å². The summed E-state index contributed by atoms with van der Waals surface area (Å²) < 4.78 is 0.923. The smallest absolute Gasteiger partial charge is 0.301 e. The van der Waals surface area contributed by atoms with Crippen LogP contribution >= 0.6 is 11.3 Å². The first kappa shape index (κ1) is 22.0. The number of aliphatic hydroxyl groups excluding tert-OH is 1. The van der Waals surface area contributed by atoms with Crippen LogP contribution in [0.25, 0.3) is 16.0 Å². The number of fused-ring (bicyclic) bond motifs is 1. The molecule has 1 atom stereocenters. The maximum atomic E-state index is 13.3. The Morgan fingerprint density at radius 2 is 1.65 bits per heavy atom. The standard InChI is InChI=1S/C28H24N2O3S/c1-16(2)18-12-14-19(15-13-18)24-23(25(31)20-10-8-17(3)9-11-20)26(32)27(33)30(24)28-29-21-6-4-5-7-22(21)34-28/h4-16,24,31H,1-3H3/b25-23-. The molecule has 1 unspecified atom stereocenters. The molecule has 0 radical (unpaired) electrons. The summed E-state index contributed by atoms with van der Waals surface area (Å²) in [5.41, 5.74) is 4.27. The van der Waals surface area contributed by atoms with Crippen LogP contribution in [0.2, 0.25) is 0 Å². The average molecular weight is 469 g/mol. The first-order chi connectivity index (χ1) is 16.3. The third-order valence-electron chi connectivity index (χ3n) is 6.18. The van der Waals surface area contributed by atoms with Gasteiger partial charge in [0.05, 0.1) is 21.8 Å². The normalized spacial score (nSPS) is 17.8. The number of aromatic nitrogens is 1. The summed E-state index contributed by atoms with van der Waals surface area (Å²) in [7, 11) is 0. The molecule has 34 heavy (non-hydrogen) atoms. The second-order valence-corrected chi connectivity index (χ2v) is 9.83. The van der Waals surface area contributed by atoms with Gasteiger partial charge in [0.15, 0.2) is 5.13 Å². The van der Waals surface area contributed by atoms with Gasteiger partial charge in [-0.05, 0) is 36.1 Å². The fourth-order valence-corrected chi connectivity index (χ4v) is 5.23. The molecular formula is C28H24N2O3S. The van der Waals surface area contributed by atoms with Crippen molar-refractivity contribution in [3.63, 3.8) is 0 Å². The second kappa shape index (κ2) is 8.54. The summed E-state index contributed by atoms with van der Waals surface area (Å²) >= 11 is 1.36. The Morgan fingerprint density at radius 1 is 0.971 bits per heavy atom. The number of thiazole rings is 1. The maximum absolute atomic E-state index is 13.3. The zero-order valence-electron chi connectivity index (χ0n) is 19.1. The van der Waals surface area contributed by atoms with E-state index in [1.165, 1.54) is 16.2 Å². The van der Waals surface area contributed by atoms with E-state index in [2.05, 4.69) is 18.8 Å². The number of amides is 1. The number of anilines is 1. The van der Waals surface area contributed by atoms with Gasteiger partial charge in [-0.1, -0.05) is 91.4 Å². The van der Waals surface area contributed by atoms with E-state index < -0.39 is 17.7 Å². The molecule has 0 bridgehead atoms. The monoisotopic (exact) mass is 468 g/mol. The van der Waals surface area contributed by atoms with E-state index in [0.29, 0.717) is 16.6 Å². The Kier molecular flexibility index (Phi) is 5.54. The quantitative estimate of drug-likeness (QED) is 0.215. The van der Waals surface area contributed by atoms with Crippen molar-refractivity contribution in [1.29, 1.82) is 0 Å². The van der Waals surface area contributed by atoms with Gasteiger partial charge in [-0.15, -0.1) is 0 Å². The van der Waals surface area contributed by atoms with Crippen LogP contribution in [0, 0.1) is 6.92 Å². The number of nitrogens with zero attached hydrogens (tertiary/aromatic N) is 2. The number of aryl methyl sites for hydroxylation is 1. The van der Waals surface area contributed by atoms with Gasteiger partial charge in [-0.25, -0.2) is 4.98 Å². The summed E-state index contributed by atoms with van der Waals surface area (Å²) in [5.74, 6) is -1.24. The topological polar surface area (TPSA) is 70.5 Å². The summed E-state index contributed by atoms with van der Waals surface area (Å²) in [4.78, 5) is 32.7. The zero-order chi connectivity index (χ0) is 24.0. The van der Waals surface area contributed by atoms with Gasteiger partial charge in [0.25, 0.3) is 5.78 Å². The van der Waals surface area contributed by atoms with E-state index in [1.54, 1.807) is 12.1 Å². The average Bonchev–Trinajstić information content (AvgIpc) is 3.37. The molecule has 1 aromatic heterocycles. The predicted molar refractivity (Wildman–Crippen MR) is 136 cm³/mol. The van der Waals surface area contributed by atoms with Crippen molar-refractivity contribution in [2.45, 2.75) is 32.7 Å². The van der Waals surface area contributed by atoms with Gasteiger partial charge < -0.3 is 5.11 Å². The van der Waals surface area contributed by atoms with Crippen molar-refractivity contribution in [3.05, 3.63) is 101 Å². The maximum Gasteiger partial charge on any atom is 0.301 e. The van der Waals surface area contributed by atoms with E-state index in [4.69, 9.17) is 0 Å². The van der Waals surface area contributed by atoms with Crippen LogP contribution in [-0.4, -0.2) is 21.8 Å². The lowest BCUT2D eigenvalue weighted by Gasteiger charge is -2.23. The van der Waals surface area contributed by atoms with Gasteiger partial charge in [-0.2, -0.15) is 0 Å². The Balaban J connectivity index is 1.71. The Morgan fingerprint density at radius 3 is 2.29 bits per heavy atom. The van der Waals surface area contributed by atoms with Crippen molar-refractivity contribution in [2.24, 2.45) is 0 Å². The number of ketones is 1. The van der Waals surface area contributed by atoms with E-state index >= 15 is 0 Å². The summed E-state index contributed by atoms with van der Waals surface area (Å²) in [5, 5.41) is 11.7. The third-order valence-corrected chi connectivity index (χ3v) is 7.21. The molecule has 6 heteroatoms. The van der Waals surface area contributed by atoms with Crippen molar-refractivity contribution >= 4 is 44.1 Å². The highest BCUT2D eigenvalue weighted by Gasteiger charge is 2.48. The Hall–Kier alpha value is -3.77. The second-order valence-electron chi connectivity index (χ2n) is 8.82. The molecular weight excluding hydrogens is 444 g/mol. The van der Waals surface area contributed by atoms with Crippen LogP contribution in [0.5, 0.6) is 0 Å². The number of carbonyl (C=O) groups is 2. The third kappa shape index (κ3) is 3.70. The van der Waals surface area contributed by atoms with Crippen LogP contribution in [0.3, 0.4) is 0 Å². The van der Waals surface area contributed by atoms with Gasteiger partial charge >= 0.3 is 5.91 Å². The highest BCUT2D eigenvalue weighted by Crippen LogP contribution is 2.44. The highest BCUT2D eigenvalue weighted by atomic mass is 32.1. The van der Waals surface area contributed by atoms with Crippen LogP contribution in [-0.2, 0) is 9.59 Å².